The lowest BCUT2D eigenvalue weighted by atomic mass is 10.2. The number of nitro groups is 1. The van der Waals surface area contributed by atoms with Crippen LogP contribution in [-0.4, -0.2) is 25.6 Å². The van der Waals surface area contributed by atoms with Crippen LogP contribution in [0.15, 0.2) is 90.1 Å². The standard InChI is InChI=1S/C27H25N5O3S/c1-19-8-13-23(14-9-19)31-26(29-30-27(31)36-18-22-6-4-3-5-7-22)20(2)28-25(33)17-12-21-10-15-24(16-11-21)32(34)35/h3-17,20H,18H2,1-2H3,(H,28,33)/b17-12+. The van der Waals surface area contributed by atoms with E-state index in [-0.39, 0.29) is 11.6 Å². The summed E-state index contributed by atoms with van der Waals surface area (Å²) in [5, 5.41) is 23.3. The number of hydrogen-bond donors (Lipinski definition) is 1. The summed E-state index contributed by atoms with van der Waals surface area (Å²) in [6.07, 6.45) is 3.01. The Hall–Kier alpha value is -4.24. The maximum atomic E-state index is 12.6. The number of hydrogen-bond acceptors (Lipinski definition) is 6. The van der Waals surface area contributed by atoms with E-state index in [4.69, 9.17) is 0 Å². The van der Waals surface area contributed by atoms with E-state index in [0.717, 1.165) is 22.2 Å². The third kappa shape index (κ3) is 6.25. The van der Waals surface area contributed by atoms with Crippen LogP contribution in [-0.2, 0) is 10.5 Å². The Kier molecular flexibility index (Phi) is 7.92. The molecule has 8 nitrogen and oxygen atoms in total. The summed E-state index contributed by atoms with van der Waals surface area (Å²) in [7, 11) is 0. The lowest BCUT2D eigenvalue weighted by Gasteiger charge is -2.16. The molecule has 0 spiro atoms. The molecule has 0 fully saturated rings. The number of non-ortho nitro benzene ring substituents is 1. The molecule has 0 radical (unpaired) electrons. The van der Waals surface area contributed by atoms with Crippen LogP contribution in [0.1, 0.15) is 35.5 Å². The molecule has 1 heterocycles. The number of carbonyl (C=O) groups is 1. The molecule has 1 N–H and O–H groups in total. The molecule has 4 rings (SSSR count). The van der Waals surface area contributed by atoms with E-state index in [1.807, 2.05) is 60.9 Å². The number of thioether (sulfide) groups is 1. The van der Waals surface area contributed by atoms with Crippen molar-refractivity contribution in [3.05, 3.63) is 118 Å². The van der Waals surface area contributed by atoms with Crippen LogP contribution in [0.4, 0.5) is 5.69 Å². The van der Waals surface area contributed by atoms with Gasteiger partial charge in [0, 0.05) is 29.6 Å². The summed E-state index contributed by atoms with van der Waals surface area (Å²) in [4.78, 5) is 23.0. The normalized spacial score (nSPS) is 11.9. The minimum atomic E-state index is -0.460. The SMILES string of the molecule is Cc1ccc(-n2c(SCc3ccccc3)nnc2C(C)NC(=O)/C=C/c2ccc([N+](=O)[O-])cc2)cc1. The summed E-state index contributed by atoms with van der Waals surface area (Å²) < 4.78 is 1.97. The Morgan fingerprint density at radius 3 is 2.42 bits per heavy atom. The monoisotopic (exact) mass is 499 g/mol. The van der Waals surface area contributed by atoms with Gasteiger partial charge in [0.05, 0.1) is 11.0 Å². The predicted molar refractivity (Wildman–Crippen MR) is 141 cm³/mol. The molecule has 4 aromatic rings. The van der Waals surface area contributed by atoms with Gasteiger partial charge in [0.2, 0.25) is 5.91 Å². The maximum Gasteiger partial charge on any atom is 0.269 e. The van der Waals surface area contributed by atoms with Gasteiger partial charge < -0.3 is 5.32 Å². The van der Waals surface area contributed by atoms with E-state index in [0.29, 0.717) is 11.4 Å². The Bertz CT molecular complexity index is 1370. The van der Waals surface area contributed by atoms with E-state index in [9.17, 15) is 14.9 Å². The summed E-state index contributed by atoms with van der Waals surface area (Å²) in [6.45, 7) is 3.89. The zero-order chi connectivity index (χ0) is 25.5. The number of benzene rings is 3. The molecule has 9 heteroatoms. The van der Waals surface area contributed by atoms with Crippen LogP contribution in [0.25, 0.3) is 11.8 Å². The fourth-order valence-electron chi connectivity index (χ4n) is 3.52. The number of aryl methyl sites for hydroxylation is 1. The second kappa shape index (κ2) is 11.5. The largest absolute Gasteiger partial charge is 0.343 e. The van der Waals surface area contributed by atoms with Crippen LogP contribution < -0.4 is 5.32 Å². The lowest BCUT2D eigenvalue weighted by Crippen LogP contribution is -2.27. The average Bonchev–Trinajstić information content (AvgIpc) is 3.31. The number of nitro benzene ring substituents is 1. The van der Waals surface area contributed by atoms with Crippen molar-refractivity contribution in [2.75, 3.05) is 0 Å². The van der Waals surface area contributed by atoms with Gasteiger partial charge in [0.25, 0.3) is 5.69 Å². The van der Waals surface area contributed by atoms with E-state index >= 15 is 0 Å². The molecule has 0 bridgehead atoms. The van der Waals surface area contributed by atoms with Gasteiger partial charge >= 0.3 is 0 Å². The second-order valence-corrected chi connectivity index (χ2v) is 9.14. The highest BCUT2D eigenvalue weighted by molar-refractivity contribution is 7.98. The van der Waals surface area contributed by atoms with E-state index in [1.54, 1.807) is 30.0 Å². The van der Waals surface area contributed by atoms with Crippen molar-refractivity contribution in [2.45, 2.75) is 30.8 Å². The smallest absolute Gasteiger partial charge is 0.269 e. The highest BCUT2D eigenvalue weighted by atomic mass is 32.2. The summed E-state index contributed by atoms with van der Waals surface area (Å²) in [5.41, 5.74) is 3.93. The van der Waals surface area contributed by atoms with E-state index in [1.165, 1.54) is 23.8 Å². The van der Waals surface area contributed by atoms with Crippen LogP contribution in [0.3, 0.4) is 0 Å². The third-order valence-electron chi connectivity index (χ3n) is 5.44. The van der Waals surface area contributed by atoms with Crippen molar-refractivity contribution in [1.82, 2.24) is 20.1 Å². The predicted octanol–water partition coefficient (Wildman–Crippen LogP) is 5.67. The molecule has 0 saturated heterocycles. The molecule has 1 unspecified atom stereocenters. The van der Waals surface area contributed by atoms with Gasteiger partial charge in [-0.3, -0.25) is 19.5 Å². The molecule has 182 valence electrons. The number of carbonyl (C=O) groups excluding carboxylic acids is 1. The average molecular weight is 500 g/mol. The number of nitrogens with zero attached hydrogens (tertiary/aromatic N) is 4. The van der Waals surface area contributed by atoms with Crippen molar-refractivity contribution in [3.63, 3.8) is 0 Å². The van der Waals surface area contributed by atoms with Crippen molar-refractivity contribution in [1.29, 1.82) is 0 Å². The van der Waals surface area contributed by atoms with Gasteiger partial charge in [-0.2, -0.15) is 0 Å². The quantitative estimate of drug-likeness (QED) is 0.138. The molecule has 0 saturated carbocycles. The van der Waals surface area contributed by atoms with E-state index in [2.05, 4.69) is 27.6 Å². The van der Waals surface area contributed by atoms with Crippen LogP contribution in [0, 0.1) is 17.0 Å². The van der Waals surface area contributed by atoms with Gasteiger partial charge in [-0.25, -0.2) is 0 Å². The molecule has 0 aliphatic carbocycles. The summed E-state index contributed by atoms with van der Waals surface area (Å²) >= 11 is 1.58. The zero-order valence-corrected chi connectivity index (χ0v) is 20.7. The number of aromatic nitrogens is 3. The lowest BCUT2D eigenvalue weighted by molar-refractivity contribution is -0.384. The Labute approximate surface area is 213 Å². The number of rotatable bonds is 9. The first kappa shape index (κ1) is 24.9. The third-order valence-corrected chi connectivity index (χ3v) is 6.44. The molecule has 1 amide bonds. The van der Waals surface area contributed by atoms with Crippen molar-refractivity contribution in [2.24, 2.45) is 0 Å². The topological polar surface area (TPSA) is 103 Å². The van der Waals surface area contributed by atoms with Crippen LogP contribution >= 0.6 is 11.8 Å². The minimum Gasteiger partial charge on any atom is -0.343 e. The van der Waals surface area contributed by atoms with Gasteiger partial charge in [0.15, 0.2) is 11.0 Å². The van der Waals surface area contributed by atoms with Gasteiger partial charge in [-0.05, 0) is 55.3 Å². The first-order valence-corrected chi connectivity index (χ1v) is 12.3. The first-order valence-electron chi connectivity index (χ1n) is 11.3. The highest BCUT2D eigenvalue weighted by Gasteiger charge is 2.20. The number of nitrogens with one attached hydrogen (secondary N) is 1. The molecule has 0 aliphatic rings. The highest BCUT2D eigenvalue weighted by Crippen LogP contribution is 2.27. The van der Waals surface area contributed by atoms with Crippen LogP contribution in [0.5, 0.6) is 0 Å². The second-order valence-electron chi connectivity index (χ2n) is 8.20. The Morgan fingerprint density at radius 2 is 1.75 bits per heavy atom. The molecule has 1 aromatic heterocycles. The molecule has 1 atom stereocenters. The minimum absolute atomic E-state index is 0.00149. The summed E-state index contributed by atoms with van der Waals surface area (Å²) in [6, 6.07) is 23.8. The molecule has 0 aliphatic heterocycles. The molecule has 36 heavy (non-hydrogen) atoms. The molecular weight excluding hydrogens is 474 g/mol. The van der Waals surface area contributed by atoms with Crippen molar-refractivity contribution < 1.29 is 9.72 Å². The fourth-order valence-corrected chi connectivity index (χ4v) is 4.43. The fraction of sp³-hybridized carbons (Fsp3) is 0.148. The first-order chi connectivity index (χ1) is 17.4. The van der Waals surface area contributed by atoms with Gasteiger partial charge in [-0.15, -0.1) is 10.2 Å². The van der Waals surface area contributed by atoms with Gasteiger partial charge in [0.1, 0.15) is 0 Å². The molecular formula is C27H25N5O3S. The van der Waals surface area contributed by atoms with E-state index < -0.39 is 11.0 Å². The van der Waals surface area contributed by atoms with Gasteiger partial charge in [-0.1, -0.05) is 59.8 Å². The van der Waals surface area contributed by atoms with Crippen molar-refractivity contribution in [3.8, 4) is 5.69 Å². The molecule has 3 aromatic carbocycles. The summed E-state index contributed by atoms with van der Waals surface area (Å²) in [5.74, 6) is 1.05. The van der Waals surface area contributed by atoms with Crippen molar-refractivity contribution >= 4 is 29.4 Å². The number of amides is 1. The Morgan fingerprint density at radius 1 is 1.06 bits per heavy atom. The maximum absolute atomic E-state index is 12.6. The Balaban J connectivity index is 1.52. The van der Waals surface area contributed by atoms with Crippen LogP contribution in [0.2, 0.25) is 0 Å². The zero-order valence-electron chi connectivity index (χ0n) is 19.9.